The predicted molar refractivity (Wildman–Crippen MR) is 83.0 cm³/mol. The SMILES string of the molecule is Cc1cc(N2CC3CN(c4ccc(=O)[nH]n4)CC3C2)ncn1. The number of aromatic amines is 1. The summed E-state index contributed by atoms with van der Waals surface area (Å²) < 4.78 is 0. The standard InChI is InChI=1S/C15H18N6O/c1-10-4-14(17-9-16-10)21-7-11-5-20(6-12(11)8-21)13-2-3-15(22)19-18-13/h2-4,9,11-12H,5-8H2,1H3,(H,19,22). The van der Waals surface area contributed by atoms with E-state index in [0.29, 0.717) is 11.8 Å². The summed E-state index contributed by atoms with van der Waals surface area (Å²) in [6, 6.07) is 5.38. The van der Waals surface area contributed by atoms with Gasteiger partial charge in [-0.25, -0.2) is 15.1 Å². The maximum Gasteiger partial charge on any atom is 0.264 e. The summed E-state index contributed by atoms with van der Waals surface area (Å²) in [5.74, 6) is 3.11. The number of hydrogen-bond acceptors (Lipinski definition) is 6. The quantitative estimate of drug-likeness (QED) is 0.867. The summed E-state index contributed by atoms with van der Waals surface area (Å²) in [5.41, 5.74) is 0.842. The fourth-order valence-electron chi connectivity index (χ4n) is 3.49. The smallest absolute Gasteiger partial charge is 0.264 e. The van der Waals surface area contributed by atoms with Crippen molar-refractivity contribution in [2.24, 2.45) is 11.8 Å². The van der Waals surface area contributed by atoms with E-state index >= 15 is 0 Å². The highest BCUT2D eigenvalue weighted by atomic mass is 16.1. The van der Waals surface area contributed by atoms with Crippen LogP contribution in [-0.2, 0) is 0 Å². The summed E-state index contributed by atoms with van der Waals surface area (Å²) >= 11 is 0. The van der Waals surface area contributed by atoms with Gasteiger partial charge in [-0.1, -0.05) is 0 Å². The molecule has 0 bridgehead atoms. The molecule has 2 aromatic rings. The van der Waals surface area contributed by atoms with Crippen LogP contribution < -0.4 is 15.4 Å². The molecule has 7 heteroatoms. The van der Waals surface area contributed by atoms with Crippen molar-refractivity contribution < 1.29 is 0 Å². The summed E-state index contributed by atoms with van der Waals surface area (Å²) in [5, 5.41) is 6.64. The van der Waals surface area contributed by atoms with E-state index < -0.39 is 0 Å². The fraction of sp³-hybridized carbons (Fsp3) is 0.467. The number of anilines is 2. The Morgan fingerprint density at radius 3 is 2.32 bits per heavy atom. The topological polar surface area (TPSA) is 78.0 Å². The van der Waals surface area contributed by atoms with E-state index in [9.17, 15) is 4.79 Å². The van der Waals surface area contributed by atoms with Crippen molar-refractivity contribution in [1.82, 2.24) is 20.2 Å². The van der Waals surface area contributed by atoms with Gasteiger partial charge in [-0.05, 0) is 13.0 Å². The first-order valence-corrected chi connectivity index (χ1v) is 7.53. The van der Waals surface area contributed by atoms with E-state index in [1.54, 1.807) is 12.4 Å². The van der Waals surface area contributed by atoms with E-state index in [1.807, 2.05) is 13.0 Å². The molecule has 2 unspecified atom stereocenters. The Morgan fingerprint density at radius 2 is 1.73 bits per heavy atom. The van der Waals surface area contributed by atoms with Gasteiger partial charge in [0, 0.05) is 55.8 Å². The number of nitrogens with zero attached hydrogens (tertiary/aromatic N) is 5. The lowest BCUT2D eigenvalue weighted by atomic mass is 10.0. The number of aryl methyl sites for hydroxylation is 1. The molecule has 0 aromatic carbocycles. The van der Waals surface area contributed by atoms with Crippen molar-refractivity contribution in [2.75, 3.05) is 36.0 Å². The number of H-pyrrole nitrogens is 1. The van der Waals surface area contributed by atoms with Gasteiger partial charge >= 0.3 is 0 Å². The highest BCUT2D eigenvalue weighted by Crippen LogP contribution is 2.34. The molecule has 0 aliphatic carbocycles. The molecule has 0 spiro atoms. The number of rotatable bonds is 2. The summed E-state index contributed by atoms with van der Waals surface area (Å²) in [4.78, 5) is 24.3. The van der Waals surface area contributed by atoms with Crippen LogP contribution in [0.5, 0.6) is 0 Å². The van der Waals surface area contributed by atoms with E-state index in [4.69, 9.17) is 0 Å². The van der Waals surface area contributed by atoms with Gasteiger partial charge in [0.2, 0.25) is 0 Å². The lowest BCUT2D eigenvalue weighted by Gasteiger charge is -2.22. The first-order valence-electron chi connectivity index (χ1n) is 7.53. The third kappa shape index (κ3) is 2.32. The first-order chi connectivity index (χ1) is 10.7. The van der Waals surface area contributed by atoms with Crippen molar-refractivity contribution in [3.63, 3.8) is 0 Å². The average Bonchev–Trinajstić information content (AvgIpc) is 3.06. The van der Waals surface area contributed by atoms with Crippen LogP contribution in [0.1, 0.15) is 5.69 Å². The first kappa shape index (κ1) is 13.2. The largest absolute Gasteiger partial charge is 0.356 e. The van der Waals surface area contributed by atoms with Crippen molar-refractivity contribution in [1.29, 1.82) is 0 Å². The van der Waals surface area contributed by atoms with E-state index in [1.165, 1.54) is 6.07 Å². The molecular formula is C15H18N6O. The third-order valence-corrected chi connectivity index (χ3v) is 4.59. The monoisotopic (exact) mass is 298 g/mol. The second-order valence-electron chi connectivity index (χ2n) is 6.13. The number of nitrogens with one attached hydrogen (secondary N) is 1. The van der Waals surface area contributed by atoms with Crippen LogP contribution in [0.2, 0.25) is 0 Å². The average molecular weight is 298 g/mol. The van der Waals surface area contributed by atoms with Crippen LogP contribution in [0.25, 0.3) is 0 Å². The zero-order valence-corrected chi connectivity index (χ0v) is 12.4. The Bertz CT molecular complexity index is 710. The molecule has 2 aliphatic heterocycles. The molecule has 0 radical (unpaired) electrons. The Hall–Kier alpha value is -2.44. The molecule has 0 amide bonds. The van der Waals surface area contributed by atoms with Crippen molar-refractivity contribution in [2.45, 2.75) is 6.92 Å². The van der Waals surface area contributed by atoms with Gasteiger partial charge in [0.1, 0.15) is 18.0 Å². The molecule has 2 aliphatic rings. The fourth-order valence-corrected chi connectivity index (χ4v) is 3.49. The normalized spacial score (nSPS) is 23.9. The van der Waals surface area contributed by atoms with Gasteiger partial charge in [0.05, 0.1) is 0 Å². The highest BCUT2D eigenvalue weighted by Gasteiger charge is 2.40. The molecule has 22 heavy (non-hydrogen) atoms. The Morgan fingerprint density at radius 1 is 1.05 bits per heavy atom. The van der Waals surface area contributed by atoms with E-state index in [0.717, 1.165) is 43.5 Å². The molecule has 1 N–H and O–H groups in total. The minimum absolute atomic E-state index is 0.159. The van der Waals surface area contributed by atoms with Crippen LogP contribution in [-0.4, -0.2) is 46.3 Å². The number of hydrogen-bond donors (Lipinski definition) is 1. The van der Waals surface area contributed by atoms with Gasteiger partial charge in [-0.15, -0.1) is 0 Å². The second-order valence-corrected chi connectivity index (χ2v) is 6.13. The third-order valence-electron chi connectivity index (χ3n) is 4.59. The minimum Gasteiger partial charge on any atom is -0.356 e. The molecule has 7 nitrogen and oxygen atoms in total. The molecule has 2 fully saturated rings. The number of fused-ring (bicyclic) bond motifs is 1. The van der Waals surface area contributed by atoms with Crippen molar-refractivity contribution >= 4 is 11.6 Å². The predicted octanol–water partition coefficient (Wildman–Crippen LogP) is 0.441. The molecule has 114 valence electrons. The Kier molecular flexibility index (Phi) is 3.06. The van der Waals surface area contributed by atoms with Gasteiger partial charge in [0.25, 0.3) is 5.56 Å². The molecule has 2 saturated heterocycles. The van der Waals surface area contributed by atoms with Crippen molar-refractivity contribution in [3.8, 4) is 0 Å². The van der Waals surface area contributed by atoms with Gasteiger partial charge < -0.3 is 9.80 Å². The minimum atomic E-state index is -0.159. The zero-order chi connectivity index (χ0) is 15.1. The van der Waals surface area contributed by atoms with Gasteiger partial charge in [-0.3, -0.25) is 4.79 Å². The van der Waals surface area contributed by atoms with Crippen LogP contribution in [0, 0.1) is 18.8 Å². The van der Waals surface area contributed by atoms with E-state index in [2.05, 4.69) is 30.0 Å². The lowest BCUT2D eigenvalue weighted by Crippen LogP contribution is -2.30. The van der Waals surface area contributed by atoms with E-state index in [-0.39, 0.29) is 5.56 Å². The van der Waals surface area contributed by atoms with Crippen LogP contribution in [0.15, 0.2) is 29.3 Å². The molecule has 0 saturated carbocycles. The van der Waals surface area contributed by atoms with Gasteiger partial charge in [0.15, 0.2) is 0 Å². The lowest BCUT2D eigenvalue weighted by molar-refractivity contribution is 0.533. The molecule has 2 atom stereocenters. The van der Waals surface area contributed by atoms with Gasteiger partial charge in [-0.2, -0.15) is 5.10 Å². The Balaban J connectivity index is 1.46. The van der Waals surface area contributed by atoms with Crippen LogP contribution >= 0.6 is 0 Å². The molecular weight excluding hydrogens is 280 g/mol. The maximum atomic E-state index is 11.1. The van der Waals surface area contributed by atoms with Crippen molar-refractivity contribution in [3.05, 3.63) is 40.6 Å². The van der Waals surface area contributed by atoms with Crippen LogP contribution in [0.3, 0.4) is 0 Å². The molecule has 4 heterocycles. The Labute approximate surface area is 128 Å². The number of aromatic nitrogens is 4. The maximum absolute atomic E-state index is 11.1. The second kappa shape index (κ2) is 5.08. The summed E-state index contributed by atoms with van der Waals surface area (Å²) in [6.45, 7) is 5.97. The summed E-state index contributed by atoms with van der Waals surface area (Å²) in [6.07, 6.45) is 1.63. The molecule has 2 aromatic heterocycles. The van der Waals surface area contributed by atoms with Crippen LogP contribution in [0.4, 0.5) is 11.6 Å². The highest BCUT2D eigenvalue weighted by molar-refractivity contribution is 5.44. The summed E-state index contributed by atoms with van der Waals surface area (Å²) in [7, 11) is 0. The zero-order valence-electron chi connectivity index (χ0n) is 12.4. The molecule has 4 rings (SSSR count).